The van der Waals surface area contributed by atoms with E-state index >= 15 is 0 Å². The molecule has 0 saturated carbocycles. The molecule has 0 spiro atoms. The summed E-state index contributed by atoms with van der Waals surface area (Å²) in [5.41, 5.74) is 1.51. The average molecular weight is 427 g/mol. The van der Waals surface area contributed by atoms with E-state index in [4.69, 9.17) is 14.2 Å². The lowest BCUT2D eigenvalue weighted by Gasteiger charge is -2.12. The molecule has 1 fully saturated rings. The highest BCUT2D eigenvalue weighted by atomic mass is 32.2. The molecule has 0 atom stereocenters. The molecule has 0 unspecified atom stereocenters. The van der Waals surface area contributed by atoms with E-state index in [2.05, 4.69) is 0 Å². The Balaban J connectivity index is 1.77. The maximum Gasteiger partial charge on any atom is 0.344 e. The second-order valence-electron chi connectivity index (χ2n) is 6.26. The number of rotatable bonds is 8. The van der Waals surface area contributed by atoms with Crippen LogP contribution in [0.3, 0.4) is 0 Å². The SMILES string of the molecule is CCOC(=O)COc1cc(/C=C2\SC(=O)N(Cc3ccccc3)C2=O)ccc1OC. The van der Waals surface area contributed by atoms with Gasteiger partial charge in [0.2, 0.25) is 0 Å². The monoisotopic (exact) mass is 427 g/mol. The van der Waals surface area contributed by atoms with Crippen LogP contribution in [0.4, 0.5) is 4.79 Å². The molecular formula is C22H21NO6S. The van der Waals surface area contributed by atoms with Gasteiger partial charge in [-0.05, 0) is 48.0 Å². The summed E-state index contributed by atoms with van der Waals surface area (Å²) < 4.78 is 15.6. The van der Waals surface area contributed by atoms with Gasteiger partial charge in [-0.25, -0.2) is 4.79 Å². The summed E-state index contributed by atoms with van der Waals surface area (Å²) in [6, 6.07) is 14.4. The van der Waals surface area contributed by atoms with Crippen LogP contribution in [0, 0.1) is 0 Å². The molecule has 0 aliphatic carbocycles. The number of nitrogens with zero attached hydrogens (tertiary/aromatic N) is 1. The zero-order valence-corrected chi connectivity index (χ0v) is 17.4. The molecular weight excluding hydrogens is 406 g/mol. The minimum absolute atomic E-state index is 0.222. The van der Waals surface area contributed by atoms with E-state index in [0.29, 0.717) is 22.0 Å². The number of thioether (sulfide) groups is 1. The van der Waals surface area contributed by atoms with Crippen LogP contribution in [0.25, 0.3) is 6.08 Å². The summed E-state index contributed by atoms with van der Waals surface area (Å²) in [5.74, 6) is -0.0675. The van der Waals surface area contributed by atoms with E-state index in [0.717, 1.165) is 17.3 Å². The molecule has 1 aliphatic rings. The number of esters is 1. The zero-order valence-electron chi connectivity index (χ0n) is 16.6. The molecule has 30 heavy (non-hydrogen) atoms. The van der Waals surface area contributed by atoms with Crippen molar-refractivity contribution in [1.82, 2.24) is 4.90 Å². The molecule has 0 N–H and O–H groups in total. The Morgan fingerprint density at radius 1 is 1.10 bits per heavy atom. The van der Waals surface area contributed by atoms with Crippen molar-refractivity contribution >= 4 is 35.0 Å². The number of methoxy groups -OCH3 is 1. The fourth-order valence-electron chi connectivity index (χ4n) is 2.79. The zero-order chi connectivity index (χ0) is 21.5. The molecule has 2 aromatic carbocycles. The van der Waals surface area contributed by atoms with Gasteiger partial charge in [-0.1, -0.05) is 36.4 Å². The van der Waals surface area contributed by atoms with Gasteiger partial charge in [0.15, 0.2) is 18.1 Å². The summed E-state index contributed by atoms with van der Waals surface area (Å²) in [4.78, 5) is 38.1. The normalized spacial score (nSPS) is 14.9. The summed E-state index contributed by atoms with van der Waals surface area (Å²) in [6.07, 6.45) is 1.62. The quantitative estimate of drug-likeness (QED) is 0.467. The third-order valence-corrected chi connectivity index (χ3v) is 5.10. The highest BCUT2D eigenvalue weighted by Gasteiger charge is 2.35. The Bertz CT molecular complexity index is 973. The van der Waals surface area contributed by atoms with Crippen LogP contribution in [0.15, 0.2) is 53.4 Å². The van der Waals surface area contributed by atoms with E-state index in [9.17, 15) is 14.4 Å². The van der Waals surface area contributed by atoms with Crippen molar-refractivity contribution in [2.24, 2.45) is 0 Å². The molecule has 1 aliphatic heterocycles. The van der Waals surface area contributed by atoms with Gasteiger partial charge in [-0.3, -0.25) is 14.5 Å². The van der Waals surface area contributed by atoms with Gasteiger partial charge < -0.3 is 14.2 Å². The van der Waals surface area contributed by atoms with Gasteiger partial charge in [0.25, 0.3) is 11.1 Å². The first-order valence-corrected chi connectivity index (χ1v) is 10.1. The molecule has 156 valence electrons. The Morgan fingerprint density at radius 2 is 1.87 bits per heavy atom. The van der Waals surface area contributed by atoms with Gasteiger partial charge in [-0.15, -0.1) is 0 Å². The summed E-state index contributed by atoms with van der Waals surface area (Å²) >= 11 is 0.889. The molecule has 0 aromatic heterocycles. The lowest BCUT2D eigenvalue weighted by atomic mass is 10.1. The van der Waals surface area contributed by atoms with Gasteiger partial charge >= 0.3 is 5.97 Å². The van der Waals surface area contributed by atoms with Gasteiger partial charge in [0.1, 0.15) is 0 Å². The van der Waals surface area contributed by atoms with Crippen LogP contribution in [-0.4, -0.2) is 42.3 Å². The highest BCUT2D eigenvalue weighted by Crippen LogP contribution is 2.35. The molecule has 2 aromatic rings. The minimum atomic E-state index is -0.494. The summed E-state index contributed by atoms with van der Waals surface area (Å²) in [5, 5.41) is -0.317. The first kappa shape index (κ1) is 21.4. The molecule has 2 amide bonds. The van der Waals surface area contributed by atoms with Gasteiger partial charge in [-0.2, -0.15) is 0 Å². The maximum absolute atomic E-state index is 12.7. The standard InChI is InChI=1S/C22H21NO6S/c1-3-28-20(24)14-29-18-11-16(9-10-17(18)27-2)12-19-21(25)23(22(26)30-19)13-15-7-5-4-6-8-15/h4-12H,3,13-14H2,1-2H3/b19-12-. The van der Waals surface area contributed by atoms with Crippen molar-refractivity contribution in [3.8, 4) is 11.5 Å². The topological polar surface area (TPSA) is 82.1 Å². The third-order valence-electron chi connectivity index (χ3n) is 4.19. The van der Waals surface area contributed by atoms with Crippen LogP contribution < -0.4 is 9.47 Å². The number of imide groups is 1. The van der Waals surface area contributed by atoms with Crippen molar-refractivity contribution in [2.75, 3.05) is 20.3 Å². The van der Waals surface area contributed by atoms with Crippen molar-refractivity contribution in [3.05, 3.63) is 64.6 Å². The highest BCUT2D eigenvalue weighted by molar-refractivity contribution is 8.18. The Kier molecular flexibility index (Phi) is 7.13. The number of carbonyl (C=O) groups excluding carboxylic acids is 3. The van der Waals surface area contributed by atoms with Crippen molar-refractivity contribution in [2.45, 2.75) is 13.5 Å². The van der Waals surface area contributed by atoms with E-state index in [1.807, 2.05) is 30.3 Å². The third kappa shape index (κ3) is 5.21. The van der Waals surface area contributed by atoms with Crippen molar-refractivity contribution in [3.63, 3.8) is 0 Å². The van der Waals surface area contributed by atoms with Crippen LogP contribution in [-0.2, 0) is 20.9 Å². The summed E-state index contributed by atoms with van der Waals surface area (Å²) in [7, 11) is 1.49. The molecule has 7 nitrogen and oxygen atoms in total. The number of hydrogen-bond donors (Lipinski definition) is 0. The predicted octanol–water partition coefficient (Wildman–Crippen LogP) is 3.87. The fourth-order valence-corrected chi connectivity index (χ4v) is 3.63. The van der Waals surface area contributed by atoms with Crippen molar-refractivity contribution in [1.29, 1.82) is 0 Å². The number of carbonyl (C=O) groups is 3. The first-order valence-electron chi connectivity index (χ1n) is 9.27. The van der Waals surface area contributed by atoms with Crippen molar-refractivity contribution < 1.29 is 28.6 Å². The van der Waals surface area contributed by atoms with E-state index < -0.39 is 5.97 Å². The van der Waals surface area contributed by atoms with E-state index in [-0.39, 0.29) is 30.9 Å². The number of benzene rings is 2. The lowest BCUT2D eigenvalue weighted by Crippen LogP contribution is -2.27. The predicted molar refractivity (Wildman–Crippen MR) is 113 cm³/mol. The Labute approximate surface area is 178 Å². The molecule has 3 rings (SSSR count). The smallest absolute Gasteiger partial charge is 0.344 e. The number of hydrogen-bond acceptors (Lipinski definition) is 7. The van der Waals surface area contributed by atoms with E-state index in [1.54, 1.807) is 31.2 Å². The minimum Gasteiger partial charge on any atom is -0.493 e. The van der Waals surface area contributed by atoms with Gasteiger partial charge in [0, 0.05) is 0 Å². The molecule has 1 heterocycles. The largest absolute Gasteiger partial charge is 0.493 e. The van der Waals surface area contributed by atoms with Crippen LogP contribution >= 0.6 is 11.8 Å². The number of amides is 2. The molecule has 0 bridgehead atoms. The maximum atomic E-state index is 12.7. The van der Waals surface area contributed by atoms with E-state index in [1.165, 1.54) is 12.0 Å². The second-order valence-corrected chi connectivity index (χ2v) is 7.25. The molecule has 0 radical (unpaired) electrons. The lowest BCUT2D eigenvalue weighted by molar-refractivity contribution is -0.145. The Morgan fingerprint density at radius 3 is 2.57 bits per heavy atom. The van der Waals surface area contributed by atoms with Gasteiger partial charge in [0.05, 0.1) is 25.2 Å². The first-order chi connectivity index (χ1) is 14.5. The number of ether oxygens (including phenoxy) is 3. The fraction of sp³-hybridized carbons (Fsp3) is 0.227. The summed E-state index contributed by atoms with van der Waals surface area (Å²) in [6.45, 7) is 1.93. The molecule has 1 saturated heterocycles. The average Bonchev–Trinajstić information content (AvgIpc) is 3.00. The molecule has 8 heteroatoms. The van der Waals surface area contributed by atoms with Crippen LogP contribution in [0.5, 0.6) is 11.5 Å². The van der Waals surface area contributed by atoms with Crippen LogP contribution in [0.2, 0.25) is 0 Å². The van der Waals surface area contributed by atoms with Crippen LogP contribution in [0.1, 0.15) is 18.1 Å². The second kappa shape index (κ2) is 9.98. The Hall–Kier alpha value is -3.26.